The van der Waals surface area contributed by atoms with E-state index in [4.69, 9.17) is 0 Å². The molecule has 0 unspecified atom stereocenters. The Kier molecular flexibility index (Phi) is 5.58. The fraction of sp³-hybridized carbons (Fsp3) is 0.588. The summed E-state index contributed by atoms with van der Waals surface area (Å²) in [6.45, 7) is 7.96. The number of pyridine rings is 1. The standard InChI is InChI=1S/C17H26N4O2/c1-17(2,3)20-16(23)19-11-13-6-9-21(10-7-13)15(22)14-5-4-8-18-12-14/h4-5,8,12-13H,6-7,9-11H2,1-3H3,(H2,19,20,23). The molecule has 1 aromatic rings. The number of hydrogen-bond donors (Lipinski definition) is 2. The van der Waals surface area contributed by atoms with E-state index in [1.807, 2.05) is 25.7 Å². The van der Waals surface area contributed by atoms with Crippen molar-refractivity contribution in [3.05, 3.63) is 30.1 Å². The Bertz CT molecular complexity index is 531. The highest BCUT2D eigenvalue weighted by molar-refractivity contribution is 5.93. The molecule has 1 aromatic heterocycles. The van der Waals surface area contributed by atoms with Crippen molar-refractivity contribution in [1.82, 2.24) is 20.5 Å². The van der Waals surface area contributed by atoms with Gasteiger partial charge < -0.3 is 15.5 Å². The zero-order valence-electron chi connectivity index (χ0n) is 14.1. The van der Waals surface area contributed by atoms with Gasteiger partial charge in [-0.1, -0.05) is 0 Å². The first-order valence-corrected chi connectivity index (χ1v) is 8.10. The normalized spacial score (nSPS) is 16.0. The Balaban J connectivity index is 1.74. The van der Waals surface area contributed by atoms with E-state index in [2.05, 4.69) is 15.6 Å². The van der Waals surface area contributed by atoms with Crippen molar-refractivity contribution in [2.24, 2.45) is 5.92 Å². The van der Waals surface area contributed by atoms with Crippen molar-refractivity contribution in [3.8, 4) is 0 Å². The van der Waals surface area contributed by atoms with Crippen LogP contribution in [0.3, 0.4) is 0 Å². The lowest BCUT2D eigenvalue weighted by molar-refractivity contribution is 0.0690. The molecule has 6 nitrogen and oxygen atoms in total. The van der Waals surface area contributed by atoms with Crippen LogP contribution in [0.2, 0.25) is 0 Å². The molecule has 2 N–H and O–H groups in total. The third-order valence-electron chi connectivity index (χ3n) is 3.85. The smallest absolute Gasteiger partial charge is 0.315 e. The van der Waals surface area contributed by atoms with E-state index in [9.17, 15) is 9.59 Å². The third-order valence-corrected chi connectivity index (χ3v) is 3.85. The second-order valence-electron chi connectivity index (χ2n) is 7.06. The first-order valence-electron chi connectivity index (χ1n) is 8.10. The summed E-state index contributed by atoms with van der Waals surface area (Å²) in [5, 5.41) is 5.81. The van der Waals surface area contributed by atoms with E-state index in [-0.39, 0.29) is 17.5 Å². The van der Waals surface area contributed by atoms with E-state index < -0.39 is 0 Å². The van der Waals surface area contributed by atoms with Gasteiger partial charge in [0.2, 0.25) is 0 Å². The third kappa shape index (κ3) is 5.54. The van der Waals surface area contributed by atoms with Gasteiger partial charge in [0, 0.05) is 37.6 Å². The van der Waals surface area contributed by atoms with Crippen LogP contribution in [0, 0.1) is 5.92 Å². The fourth-order valence-electron chi connectivity index (χ4n) is 2.63. The van der Waals surface area contributed by atoms with Crippen molar-refractivity contribution in [2.75, 3.05) is 19.6 Å². The first-order chi connectivity index (χ1) is 10.8. The quantitative estimate of drug-likeness (QED) is 0.895. The number of carbonyl (C=O) groups is 2. The number of amides is 3. The summed E-state index contributed by atoms with van der Waals surface area (Å²) in [6, 6.07) is 3.43. The molecule has 1 aliphatic rings. The van der Waals surface area contributed by atoms with Crippen molar-refractivity contribution in [3.63, 3.8) is 0 Å². The topological polar surface area (TPSA) is 74.3 Å². The molecule has 0 bridgehead atoms. The molecule has 0 atom stereocenters. The molecule has 1 fully saturated rings. The Morgan fingerprint density at radius 3 is 2.57 bits per heavy atom. The molecular formula is C17H26N4O2. The van der Waals surface area contributed by atoms with Crippen molar-refractivity contribution < 1.29 is 9.59 Å². The van der Waals surface area contributed by atoms with Gasteiger partial charge in [0.05, 0.1) is 5.56 Å². The molecule has 0 radical (unpaired) electrons. The van der Waals surface area contributed by atoms with E-state index in [1.54, 1.807) is 24.5 Å². The number of urea groups is 1. The van der Waals surface area contributed by atoms with E-state index >= 15 is 0 Å². The van der Waals surface area contributed by atoms with E-state index in [0.29, 0.717) is 18.0 Å². The highest BCUT2D eigenvalue weighted by Gasteiger charge is 2.24. The summed E-state index contributed by atoms with van der Waals surface area (Å²) in [6.07, 6.45) is 5.08. The summed E-state index contributed by atoms with van der Waals surface area (Å²) in [4.78, 5) is 30.0. The van der Waals surface area contributed by atoms with Crippen LogP contribution in [0.15, 0.2) is 24.5 Å². The highest BCUT2D eigenvalue weighted by Crippen LogP contribution is 2.18. The largest absolute Gasteiger partial charge is 0.339 e. The summed E-state index contributed by atoms with van der Waals surface area (Å²) in [5.41, 5.74) is 0.400. The molecule has 0 aromatic carbocycles. The maximum Gasteiger partial charge on any atom is 0.315 e. The maximum atomic E-state index is 12.3. The SMILES string of the molecule is CC(C)(C)NC(=O)NCC1CCN(C(=O)c2cccnc2)CC1. The van der Waals surface area contributed by atoms with Crippen molar-refractivity contribution in [1.29, 1.82) is 0 Å². The molecular weight excluding hydrogens is 292 g/mol. The van der Waals surface area contributed by atoms with Gasteiger partial charge in [-0.05, 0) is 51.7 Å². The number of aromatic nitrogens is 1. The maximum absolute atomic E-state index is 12.3. The summed E-state index contributed by atoms with van der Waals surface area (Å²) >= 11 is 0. The van der Waals surface area contributed by atoms with Crippen LogP contribution >= 0.6 is 0 Å². The van der Waals surface area contributed by atoms with Crippen LogP contribution in [0.4, 0.5) is 4.79 Å². The summed E-state index contributed by atoms with van der Waals surface area (Å²) in [7, 11) is 0. The minimum atomic E-state index is -0.233. The molecule has 6 heteroatoms. The predicted octanol–water partition coefficient (Wildman–Crippen LogP) is 2.03. The Labute approximate surface area is 137 Å². The molecule has 23 heavy (non-hydrogen) atoms. The zero-order valence-corrected chi connectivity index (χ0v) is 14.1. The highest BCUT2D eigenvalue weighted by atomic mass is 16.2. The fourth-order valence-corrected chi connectivity index (χ4v) is 2.63. The number of nitrogens with one attached hydrogen (secondary N) is 2. The van der Waals surface area contributed by atoms with Gasteiger partial charge in [-0.2, -0.15) is 0 Å². The average molecular weight is 318 g/mol. The van der Waals surface area contributed by atoms with Gasteiger partial charge >= 0.3 is 6.03 Å². The average Bonchev–Trinajstić information content (AvgIpc) is 2.52. The Morgan fingerprint density at radius 2 is 2.00 bits per heavy atom. The van der Waals surface area contributed by atoms with Crippen LogP contribution in [0.25, 0.3) is 0 Å². The van der Waals surface area contributed by atoms with Gasteiger partial charge in [-0.25, -0.2) is 4.79 Å². The minimum Gasteiger partial charge on any atom is -0.339 e. The molecule has 1 saturated heterocycles. The van der Waals surface area contributed by atoms with Gasteiger partial charge in [0.1, 0.15) is 0 Å². The van der Waals surface area contributed by atoms with E-state index in [1.165, 1.54) is 0 Å². The Hall–Kier alpha value is -2.11. The van der Waals surface area contributed by atoms with Crippen LogP contribution in [-0.4, -0.2) is 47.0 Å². The number of likely N-dealkylation sites (tertiary alicyclic amines) is 1. The molecule has 1 aliphatic heterocycles. The number of rotatable bonds is 3. The van der Waals surface area contributed by atoms with Crippen molar-refractivity contribution >= 4 is 11.9 Å². The summed E-state index contributed by atoms with van der Waals surface area (Å²) < 4.78 is 0. The number of hydrogen-bond acceptors (Lipinski definition) is 3. The molecule has 126 valence electrons. The Morgan fingerprint density at radius 1 is 1.30 bits per heavy atom. The number of nitrogens with zero attached hydrogens (tertiary/aromatic N) is 2. The zero-order chi connectivity index (χ0) is 16.9. The minimum absolute atomic E-state index is 0.0370. The molecule has 0 saturated carbocycles. The van der Waals surface area contributed by atoms with Crippen LogP contribution < -0.4 is 10.6 Å². The summed E-state index contributed by atoms with van der Waals surface area (Å²) in [5.74, 6) is 0.452. The molecule has 0 spiro atoms. The lowest BCUT2D eigenvalue weighted by Gasteiger charge is -2.32. The van der Waals surface area contributed by atoms with Crippen LogP contribution in [-0.2, 0) is 0 Å². The molecule has 0 aliphatic carbocycles. The molecule has 2 rings (SSSR count). The van der Waals surface area contributed by atoms with Gasteiger partial charge in [-0.15, -0.1) is 0 Å². The van der Waals surface area contributed by atoms with Gasteiger partial charge in [0.15, 0.2) is 0 Å². The van der Waals surface area contributed by atoms with Gasteiger partial charge in [0.25, 0.3) is 5.91 Å². The molecule has 2 heterocycles. The van der Waals surface area contributed by atoms with Crippen molar-refractivity contribution in [2.45, 2.75) is 39.2 Å². The van der Waals surface area contributed by atoms with Gasteiger partial charge in [-0.3, -0.25) is 9.78 Å². The monoisotopic (exact) mass is 318 g/mol. The number of piperidine rings is 1. The molecule has 3 amide bonds. The van der Waals surface area contributed by atoms with Crippen LogP contribution in [0.1, 0.15) is 44.0 Å². The van der Waals surface area contributed by atoms with E-state index in [0.717, 1.165) is 25.9 Å². The second kappa shape index (κ2) is 7.44. The lowest BCUT2D eigenvalue weighted by Crippen LogP contribution is -2.48. The lowest BCUT2D eigenvalue weighted by atomic mass is 9.96. The predicted molar refractivity (Wildman–Crippen MR) is 89.2 cm³/mol. The second-order valence-corrected chi connectivity index (χ2v) is 7.06. The number of carbonyl (C=O) groups excluding carboxylic acids is 2. The van der Waals surface area contributed by atoms with Crippen LogP contribution in [0.5, 0.6) is 0 Å². The first kappa shape index (κ1) is 17.2.